The Morgan fingerprint density at radius 1 is 0.769 bits per heavy atom. The summed E-state index contributed by atoms with van der Waals surface area (Å²) in [5.41, 5.74) is 5.74. The van der Waals surface area contributed by atoms with Crippen LogP contribution >= 0.6 is 31.9 Å². The third-order valence-electron chi connectivity index (χ3n) is 6.58. The molecule has 4 rings (SSSR count). The van der Waals surface area contributed by atoms with Gasteiger partial charge in [-0.15, -0.1) is 0 Å². The number of anilines is 2. The Labute approximate surface area is 244 Å². The molecule has 0 aromatic heterocycles. The molecule has 0 atom stereocenters. The maximum Gasteiger partial charge on any atom is 0.337 e. The van der Waals surface area contributed by atoms with E-state index in [1.807, 2.05) is 13.8 Å². The van der Waals surface area contributed by atoms with Crippen LogP contribution in [0.15, 0.2) is 67.9 Å². The van der Waals surface area contributed by atoms with Crippen LogP contribution in [0.1, 0.15) is 73.1 Å². The van der Waals surface area contributed by atoms with Crippen LogP contribution in [0.25, 0.3) is 0 Å². The molecule has 0 fully saturated rings. The molecule has 10 heteroatoms. The minimum atomic E-state index is -0.963. The smallest absolute Gasteiger partial charge is 0.337 e. The standard InChI is InChI=1S/C15H16BrNO3.C14H14BrNO3/c1-9-12(4-3-5-14(9)18)17-13-7-6-10(8-11(13)16)15(19)20-2;1-8-11(3-2-4-13(8)17)16-12-6-5-9(14(18)19)7-10(12)15/h6-8,17H,3-5H2,1-2H3;5-7,16H,2-4H2,1H3,(H,18,19). The molecule has 206 valence electrons. The Morgan fingerprint density at radius 2 is 1.21 bits per heavy atom. The van der Waals surface area contributed by atoms with Gasteiger partial charge in [-0.3, -0.25) is 9.59 Å². The zero-order valence-corrected chi connectivity index (χ0v) is 25.1. The second-order valence-electron chi connectivity index (χ2n) is 9.20. The van der Waals surface area contributed by atoms with Crippen LogP contribution in [0.4, 0.5) is 11.4 Å². The summed E-state index contributed by atoms with van der Waals surface area (Å²) in [6.07, 6.45) is 4.66. The fourth-order valence-corrected chi connectivity index (χ4v) is 5.14. The molecule has 0 amide bonds. The number of aromatic carboxylic acids is 1. The highest BCUT2D eigenvalue weighted by atomic mass is 79.9. The zero-order chi connectivity index (χ0) is 28.7. The molecule has 0 saturated carbocycles. The molecule has 2 aliphatic rings. The van der Waals surface area contributed by atoms with Crippen LogP contribution in [0, 0.1) is 0 Å². The number of hydrogen-bond acceptors (Lipinski definition) is 7. The Balaban J connectivity index is 0.000000216. The van der Waals surface area contributed by atoms with E-state index in [0.29, 0.717) is 22.9 Å². The quantitative estimate of drug-likeness (QED) is 0.277. The number of methoxy groups -OCH3 is 1. The number of rotatable bonds is 6. The third-order valence-corrected chi connectivity index (χ3v) is 7.89. The summed E-state index contributed by atoms with van der Waals surface area (Å²) in [4.78, 5) is 45.6. The van der Waals surface area contributed by atoms with Gasteiger partial charge in [0.25, 0.3) is 0 Å². The van der Waals surface area contributed by atoms with Gasteiger partial charge in [-0.05, 0) is 108 Å². The van der Waals surface area contributed by atoms with E-state index >= 15 is 0 Å². The summed E-state index contributed by atoms with van der Waals surface area (Å²) in [6.45, 7) is 3.67. The maximum atomic E-state index is 11.7. The first-order valence-corrected chi connectivity index (χ1v) is 14.0. The number of allylic oxidation sites excluding steroid dienone is 4. The highest BCUT2D eigenvalue weighted by Crippen LogP contribution is 2.30. The highest BCUT2D eigenvalue weighted by Gasteiger charge is 2.19. The lowest BCUT2D eigenvalue weighted by molar-refractivity contribution is -0.116. The van der Waals surface area contributed by atoms with E-state index in [4.69, 9.17) is 5.11 Å². The number of ketones is 2. The molecule has 0 bridgehead atoms. The molecule has 3 N–H and O–H groups in total. The van der Waals surface area contributed by atoms with Crippen LogP contribution < -0.4 is 10.6 Å². The predicted octanol–water partition coefficient (Wildman–Crippen LogP) is 7.26. The van der Waals surface area contributed by atoms with Gasteiger partial charge in [0.15, 0.2) is 11.6 Å². The van der Waals surface area contributed by atoms with Crippen LogP contribution in [-0.4, -0.2) is 35.7 Å². The van der Waals surface area contributed by atoms with E-state index < -0.39 is 5.97 Å². The van der Waals surface area contributed by atoms with Gasteiger partial charge in [-0.25, -0.2) is 9.59 Å². The molecule has 0 unspecified atom stereocenters. The van der Waals surface area contributed by atoms with Gasteiger partial charge >= 0.3 is 11.9 Å². The molecular formula is C29H30Br2N2O6. The van der Waals surface area contributed by atoms with Crippen LogP contribution in [0.2, 0.25) is 0 Å². The Kier molecular flexibility index (Phi) is 10.7. The Morgan fingerprint density at radius 3 is 1.62 bits per heavy atom. The molecule has 39 heavy (non-hydrogen) atoms. The molecule has 0 spiro atoms. The summed E-state index contributed by atoms with van der Waals surface area (Å²) >= 11 is 6.77. The van der Waals surface area contributed by atoms with Crippen molar-refractivity contribution in [2.45, 2.75) is 52.4 Å². The number of carboxylic acid groups (broad SMARTS) is 1. The second-order valence-corrected chi connectivity index (χ2v) is 10.9. The number of ether oxygens (including phenoxy) is 1. The van der Waals surface area contributed by atoms with Crippen molar-refractivity contribution in [1.29, 1.82) is 0 Å². The van der Waals surface area contributed by atoms with Crippen molar-refractivity contribution in [2.24, 2.45) is 0 Å². The molecule has 0 aliphatic heterocycles. The maximum absolute atomic E-state index is 11.7. The van der Waals surface area contributed by atoms with Gasteiger partial charge in [-0.2, -0.15) is 0 Å². The fraction of sp³-hybridized carbons (Fsp3) is 0.310. The van der Waals surface area contributed by atoms with E-state index in [1.54, 1.807) is 30.3 Å². The number of esters is 1. The van der Waals surface area contributed by atoms with E-state index in [1.165, 1.54) is 13.2 Å². The summed E-state index contributed by atoms with van der Waals surface area (Å²) in [7, 11) is 1.35. The van der Waals surface area contributed by atoms with Gasteiger partial charge in [0.05, 0.1) is 29.6 Å². The molecule has 2 aromatic rings. The lowest BCUT2D eigenvalue weighted by atomic mass is 9.96. The molecule has 0 heterocycles. The van der Waals surface area contributed by atoms with Gasteiger partial charge in [0.1, 0.15) is 0 Å². The van der Waals surface area contributed by atoms with Crippen molar-refractivity contribution in [2.75, 3.05) is 17.7 Å². The SMILES string of the molecule is CC1=C(Nc2ccc(C(=O)O)cc2Br)CCCC1=O.COC(=O)c1ccc(NC2=C(C)C(=O)CCC2)c(Br)c1. The van der Waals surface area contributed by atoms with Crippen molar-refractivity contribution >= 4 is 66.7 Å². The molecule has 0 radical (unpaired) electrons. The number of carbonyl (C=O) groups excluding carboxylic acids is 3. The van der Waals surface area contributed by atoms with Crippen molar-refractivity contribution < 1.29 is 29.0 Å². The number of carbonyl (C=O) groups is 4. The van der Waals surface area contributed by atoms with Crippen molar-refractivity contribution in [3.05, 3.63) is 79.0 Å². The monoisotopic (exact) mass is 660 g/mol. The minimum absolute atomic E-state index is 0.173. The van der Waals surface area contributed by atoms with Gasteiger partial charge < -0.3 is 20.5 Å². The first-order chi connectivity index (χ1) is 18.5. The molecule has 2 aliphatic carbocycles. The van der Waals surface area contributed by atoms with E-state index in [-0.39, 0.29) is 23.1 Å². The Hall–Kier alpha value is -3.24. The predicted molar refractivity (Wildman–Crippen MR) is 157 cm³/mol. The second kappa shape index (κ2) is 13.7. The van der Waals surface area contributed by atoms with Crippen LogP contribution in [0.5, 0.6) is 0 Å². The average molecular weight is 662 g/mol. The number of nitrogens with one attached hydrogen (secondary N) is 2. The van der Waals surface area contributed by atoms with E-state index in [2.05, 4.69) is 47.2 Å². The van der Waals surface area contributed by atoms with E-state index in [0.717, 1.165) is 64.1 Å². The summed E-state index contributed by atoms with van der Waals surface area (Å²) < 4.78 is 6.11. The number of Topliss-reactive ketones (excluding diaryl/α,β-unsaturated/α-hetero) is 2. The fourth-order valence-electron chi connectivity index (χ4n) is 4.19. The van der Waals surface area contributed by atoms with Crippen molar-refractivity contribution in [3.8, 4) is 0 Å². The molecule has 2 aromatic carbocycles. The first kappa shape index (κ1) is 30.3. The number of carboxylic acids is 1. The molecule has 0 saturated heterocycles. The summed E-state index contributed by atoms with van der Waals surface area (Å²) in [5, 5.41) is 15.4. The first-order valence-electron chi connectivity index (χ1n) is 12.4. The van der Waals surface area contributed by atoms with Gasteiger partial charge in [0, 0.05) is 44.3 Å². The topological polar surface area (TPSA) is 122 Å². The number of benzene rings is 2. The van der Waals surface area contributed by atoms with Crippen LogP contribution in [-0.2, 0) is 14.3 Å². The van der Waals surface area contributed by atoms with Crippen LogP contribution in [0.3, 0.4) is 0 Å². The highest BCUT2D eigenvalue weighted by molar-refractivity contribution is 9.11. The molecule has 8 nitrogen and oxygen atoms in total. The number of hydrogen-bond donors (Lipinski definition) is 3. The molecular weight excluding hydrogens is 632 g/mol. The van der Waals surface area contributed by atoms with Gasteiger partial charge in [-0.1, -0.05) is 0 Å². The lowest BCUT2D eigenvalue weighted by Gasteiger charge is -2.19. The summed E-state index contributed by atoms with van der Waals surface area (Å²) in [6, 6.07) is 9.98. The average Bonchev–Trinajstić information content (AvgIpc) is 2.91. The number of halogens is 2. The zero-order valence-electron chi connectivity index (χ0n) is 22.0. The normalized spacial score (nSPS) is 15.4. The van der Waals surface area contributed by atoms with Gasteiger partial charge in [0.2, 0.25) is 0 Å². The largest absolute Gasteiger partial charge is 0.478 e. The van der Waals surface area contributed by atoms with Crippen molar-refractivity contribution in [1.82, 2.24) is 0 Å². The van der Waals surface area contributed by atoms with Crippen molar-refractivity contribution in [3.63, 3.8) is 0 Å². The third kappa shape index (κ3) is 7.89. The minimum Gasteiger partial charge on any atom is -0.478 e. The summed E-state index contributed by atoms with van der Waals surface area (Å²) in [5.74, 6) is -0.968. The van der Waals surface area contributed by atoms with E-state index in [9.17, 15) is 19.2 Å². The lowest BCUT2D eigenvalue weighted by Crippen LogP contribution is -2.14. The Bertz CT molecular complexity index is 1380.